The SMILES string of the molecule is CO/N=C1/C(=O)N(Cc2ccccc2NS(=O)(=O)C(F)(F)F)CCC12CCOCC2. The van der Waals surface area contributed by atoms with Gasteiger partial charge >= 0.3 is 15.5 Å². The maximum atomic E-state index is 13.1. The molecule has 1 aromatic rings. The molecule has 2 saturated heterocycles. The van der Waals surface area contributed by atoms with Crippen molar-refractivity contribution in [1.29, 1.82) is 0 Å². The van der Waals surface area contributed by atoms with E-state index in [1.807, 2.05) is 0 Å². The number of piperidine rings is 1. The highest BCUT2D eigenvalue weighted by atomic mass is 32.2. The minimum absolute atomic E-state index is 0.0787. The van der Waals surface area contributed by atoms with Crippen molar-refractivity contribution in [2.24, 2.45) is 10.6 Å². The van der Waals surface area contributed by atoms with E-state index in [-0.39, 0.29) is 23.5 Å². The van der Waals surface area contributed by atoms with Gasteiger partial charge in [0.1, 0.15) is 7.11 Å². The topological polar surface area (TPSA) is 97.3 Å². The zero-order valence-electron chi connectivity index (χ0n) is 16.2. The number of nitrogens with one attached hydrogen (secondary N) is 1. The molecule has 166 valence electrons. The molecule has 3 rings (SSSR count). The fourth-order valence-electron chi connectivity index (χ4n) is 3.74. The summed E-state index contributed by atoms with van der Waals surface area (Å²) in [4.78, 5) is 19.4. The Balaban J connectivity index is 1.84. The van der Waals surface area contributed by atoms with Crippen LogP contribution in [0.25, 0.3) is 0 Å². The van der Waals surface area contributed by atoms with Crippen LogP contribution in [0.2, 0.25) is 0 Å². The van der Waals surface area contributed by atoms with Crippen molar-refractivity contribution in [3.63, 3.8) is 0 Å². The third-order valence-electron chi connectivity index (χ3n) is 5.41. The second-order valence-electron chi connectivity index (χ2n) is 7.20. The Labute approximate surface area is 172 Å². The van der Waals surface area contributed by atoms with Gasteiger partial charge in [-0.1, -0.05) is 23.4 Å². The second-order valence-corrected chi connectivity index (χ2v) is 8.87. The fourth-order valence-corrected chi connectivity index (χ4v) is 4.34. The molecular weight excluding hydrogens is 427 g/mol. The van der Waals surface area contributed by atoms with Gasteiger partial charge < -0.3 is 14.5 Å². The molecular formula is C18H22F3N3O5S. The molecule has 8 nitrogen and oxygen atoms in total. The summed E-state index contributed by atoms with van der Waals surface area (Å²) in [5, 5.41) is 3.96. The first-order chi connectivity index (χ1) is 14.1. The molecule has 1 N–H and O–H groups in total. The van der Waals surface area contributed by atoms with E-state index in [1.165, 1.54) is 30.2 Å². The number of sulfonamides is 1. The number of halogens is 3. The summed E-state index contributed by atoms with van der Waals surface area (Å²) in [5.74, 6) is -0.390. The lowest BCUT2D eigenvalue weighted by Gasteiger charge is -2.43. The summed E-state index contributed by atoms with van der Waals surface area (Å²) in [5.41, 5.74) is -5.65. The van der Waals surface area contributed by atoms with Gasteiger partial charge in [0.25, 0.3) is 5.91 Å². The number of alkyl halides is 3. The van der Waals surface area contributed by atoms with Crippen LogP contribution in [0.3, 0.4) is 0 Å². The molecule has 0 aromatic heterocycles. The normalized spacial score (nSPS) is 21.1. The zero-order valence-corrected chi connectivity index (χ0v) is 17.1. The van der Waals surface area contributed by atoms with Crippen LogP contribution in [0.1, 0.15) is 24.8 Å². The molecule has 0 radical (unpaired) electrons. The van der Waals surface area contributed by atoms with Crippen LogP contribution in [0.4, 0.5) is 18.9 Å². The monoisotopic (exact) mass is 449 g/mol. The van der Waals surface area contributed by atoms with E-state index in [0.29, 0.717) is 39.0 Å². The highest BCUT2D eigenvalue weighted by Crippen LogP contribution is 2.40. The van der Waals surface area contributed by atoms with Gasteiger partial charge in [0.15, 0.2) is 5.71 Å². The number of rotatable bonds is 5. The summed E-state index contributed by atoms with van der Waals surface area (Å²) in [6.45, 7) is 1.27. The quantitative estimate of drug-likeness (QED) is 0.697. The third-order valence-corrected chi connectivity index (χ3v) is 6.51. The number of amides is 1. The van der Waals surface area contributed by atoms with Crippen molar-refractivity contribution in [3.05, 3.63) is 29.8 Å². The Bertz CT molecular complexity index is 927. The summed E-state index contributed by atoms with van der Waals surface area (Å²) in [7, 11) is -4.24. The van der Waals surface area contributed by atoms with Crippen LogP contribution < -0.4 is 4.72 Å². The van der Waals surface area contributed by atoms with Crippen molar-refractivity contribution >= 4 is 27.3 Å². The molecule has 0 bridgehead atoms. The minimum Gasteiger partial charge on any atom is -0.399 e. The van der Waals surface area contributed by atoms with Crippen molar-refractivity contribution in [2.75, 3.05) is 31.6 Å². The summed E-state index contributed by atoms with van der Waals surface area (Å²) in [6, 6.07) is 5.65. The van der Waals surface area contributed by atoms with Gasteiger partial charge in [-0.15, -0.1) is 0 Å². The van der Waals surface area contributed by atoms with Gasteiger partial charge in [0, 0.05) is 31.7 Å². The number of benzene rings is 1. The smallest absolute Gasteiger partial charge is 0.399 e. The molecule has 1 amide bonds. The third kappa shape index (κ3) is 4.38. The van der Waals surface area contributed by atoms with Gasteiger partial charge in [-0.2, -0.15) is 21.6 Å². The first kappa shape index (κ1) is 22.3. The zero-order chi connectivity index (χ0) is 22.0. The molecule has 2 aliphatic rings. The maximum Gasteiger partial charge on any atom is 0.516 e. The number of carbonyl (C=O) groups is 1. The molecule has 0 saturated carbocycles. The number of hydrogen-bond donors (Lipinski definition) is 1. The number of anilines is 1. The lowest BCUT2D eigenvalue weighted by Crippen LogP contribution is -2.53. The van der Waals surface area contributed by atoms with Gasteiger partial charge in [0.2, 0.25) is 0 Å². The van der Waals surface area contributed by atoms with E-state index < -0.39 is 26.9 Å². The molecule has 0 unspecified atom stereocenters. The average Bonchev–Trinajstić information content (AvgIpc) is 2.68. The van der Waals surface area contributed by atoms with Crippen molar-refractivity contribution in [3.8, 4) is 0 Å². The largest absolute Gasteiger partial charge is 0.516 e. The predicted molar refractivity (Wildman–Crippen MR) is 102 cm³/mol. The molecule has 2 heterocycles. The Morgan fingerprint density at radius 3 is 2.53 bits per heavy atom. The average molecular weight is 449 g/mol. The van der Waals surface area contributed by atoms with Crippen LogP contribution in [0.15, 0.2) is 29.4 Å². The summed E-state index contributed by atoms with van der Waals surface area (Å²) >= 11 is 0. The highest BCUT2D eigenvalue weighted by Gasteiger charge is 2.48. The van der Waals surface area contributed by atoms with Crippen LogP contribution in [-0.4, -0.2) is 57.3 Å². The Kier molecular flexibility index (Phi) is 6.27. The number of hydrogen-bond acceptors (Lipinski definition) is 6. The molecule has 30 heavy (non-hydrogen) atoms. The molecule has 12 heteroatoms. The van der Waals surface area contributed by atoms with E-state index in [4.69, 9.17) is 9.57 Å². The summed E-state index contributed by atoms with van der Waals surface area (Å²) in [6.07, 6.45) is 1.84. The van der Waals surface area contributed by atoms with Crippen molar-refractivity contribution in [2.45, 2.75) is 31.3 Å². The van der Waals surface area contributed by atoms with E-state index in [9.17, 15) is 26.4 Å². The number of likely N-dealkylation sites (tertiary alicyclic amines) is 1. The van der Waals surface area contributed by atoms with Crippen LogP contribution in [0.5, 0.6) is 0 Å². The Morgan fingerprint density at radius 2 is 1.90 bits per heavy atom. The van der Waals surface area contributed by atoms with Crippen LogP contribution >= 0.6 is 0 Å². The van der Waals surface area contributed by atoms with Crippen LogP contribution in [0, 0.1) is 5.41 Å². The van der Waals surface area contributed by atoms with Gasteiger partial charge in [0.05, 0.1) is 5.69 Å². The fraction of sp³-hybridized carbons (Fsp3) is 0.556. The number of ether oxygens (including phenoxy) is 1. The first-order valence-electron chi connectivity index (χ1n) is 9.25. The lowest BCUT2D eigenvalue weighted by molar-refractivity contribution is -0.128. The second kappa shape index (κ2) is 8.42. The Hall–Kier alpha value is -2.34. The summed E-state index contributed by atoms with van der Waals surface area (Å²) < 4.78 is 68.2. The minimum atomic E-state index is -5.58. The number of para-hydroxylation sites is 1. The van der Waals surface area contributed by atoms with Gasteiger partial charge in [-0.3, -0.25) is 9.52 Å². The number of carbonyl (C=O) groups excluding carboxylic acids is 1. The molecule has 1 aromatic carbocycles. The standard InChI is InChI=1S/C18H22F3N3O5S/c1-28-22-15-16(25)24(9-6-17(15)7-10-29-11-8-17)12-13-4-2-3-5-14(13)23-30(26,27)18(19,20)21/h2-5,23H,6-12H2,1H3/b22-15-. The van der Waals surface area contributed by atoms with Gasteiger partial charge in [-0.25, -0.2) is 0 Å². The highest BCUT2D eigenvalue weighted by molar-refractivity contribution is 7.93. The van der Waals surface area contributed by atoms with Crippen LogP contribution in [-0.2, 0) is 30.9 Å². The predicted octanol–water partition coefficient (Wildman–Crippen LogP) is 2.48. The van der Waals surface area contributed by atoms with Gasteiger partial charge in [-0.05, 0) is 30.9 Å². The van der Waals surface area contributed by atoms with Crippen molar-refractivity contribution < 1.29 is 36.0 Å². The molecule has 2 aliphatic heterocycles. The lowest BCUT2D eigenvalue weighted by atomic mass is 9.70. The van der Waals surface area contributed by atoms with E-state index in [1.54, 1.807) is 10.8 Å². The maximum absolute atomic E-state index is 13.1. The van der Waals surface area contributed by atoms with E-state index in [2.05, 4.69) is 5.16 Å². The number of nitrogens with zero attached hydrogens (tertiary/aromatic N) is 2. The molecule has 0 aliphatic carbocycles. The first-order valence-corrected chi connectivity index (χ1v) is 10.7. The number of oxime groups is 1. The molecule has 1 spiro atoms. The Morgan fingerprint density at radius 1 is 1.23 bits per heavy atom. The molecule has 0 atom stereocenters. The van der Waals surface area contributed by atoms with Crippen molar-refractivity contribution in [1.82, 2.24) is 4.90 Å². The van der Waals surface area contributed by atoms with E-state index in [0.717, 1.165) is 0 Å². The van der Waals surface area contributed by atoms with E-state index >= 15 is 0 Å². The molecule has 2 fully saturated rings.